The molecule has 0 saturated heterocycles. The standard InChI is InChI=1S/C21H20FN3O3S/c22-13-4-3-5-14(10-13)25-20-17-11-16(29(27,28)15-6-1-2-7-15)8-9-19(17)24-12-18(20)21(23)26/h3-5,8-12,15H,1-2,6-7H2,(H2,23,26)(H,24,25). The van der Waals surface area contributed by atoms with E-state index in [2.05, 4.69) is 10.3 Å². The van der Waals surface area contributed by atoms with Gasteiger partial charge >= 0.3 is 0 Å². The van der Waals surface area contributed by atoms with E-state index >= 15 is 0 Å². The second kappa shape index (κ2) is 7.44. The van der Waals surface area contributed by atoms with Crippen molar-refractivity contribution < 1.29 is 17.6 Å². The molecule has 1 heterocycles. The Morgan fingerprint density at radius 3 is 2.59 bits per heavy atom. The highest BCUT2D eigenvalue weighted by molar-refractivity contribution is 7.92. The van der Waals surface area contributed by atoms with E-state index in [1.54, 1.807) is 18.2 Å². The Kier molecular flexibility index (Phi) is 4.96. The van der Waals surface area contributed by atoms with Crippen LogP contribution in [0.1, 0.15) is 36.0 Å². The van der Waals surface area contributed by atoms with Crippen LogP contribution in [-0.4, -0.2) is 24.6 Å². The number of nitrogens with zero attached hydrogens (tertiary/aromatic N) is 1. The van der Waals surface area contributed by atoms with Crippen LogP contribution in [0.4, 0.5) is 15.8 Å². The summed E-state index contributed by atoms with van der Waals surface area (Å²) < 4.78 is 39.7. The molecule has 0 unspecified atom stereocenters. The Hall–Kier alpha value is -3.00. The summed E-state index contributed by atoms with van der Waals surface area (Å²) in [5.74, 6) is -1.17. The van der Waals surface area contributed by atoms with Crippen LogP contribution < -0.4 is 11.1 Å². The lowest BCUT2D eigenvalue weighted by molar-refractivity contribution is 0.100. The third kappa shape index (κ3) is 3.67. The molecular weight excluding hydrogens is 393 g/mol. The molecule has 0 aliphatic heterocycles. The number of rotatable bonds is 5. The van der Waals surface area contributed by atoms with Crippen LogP contribution in [-0.2, 0) is 9.84 Å². The third-order valence-electron chi connectivity index (χ3n) is 5.27. The fraction of sp³-hybridized carbons (Fsp3) is 0.238. The Labute approximate surface area is 167 Å². The molecule has 150 valence electrons. The van der Waals surface area contributed by atoms with Crippen molar-refractivity contribution in [2.45, 2.75) is 35.8 Å². The van der Waals surface area contributed by atoms with Crippen molar-refractivity contribution in [3.8, 4) is 0 Å². The van der Waals surface area contributed by atoms with E-state index < -0.39 is 26.8 Å². The van der Waals surface area contributed by atoms with Gasteiger partial charge in [-0.1, -0.05) is 18.9 Å². The van der Waals surface area contributed by atoms with Crippen LogP contribution in [0.2, 0.25) is 0 Å². The number of nitrogens with two attached hydrogens (primary N) is 1. The van der Waals surface area contributed by atoms with Gasteiger partial charge in [-0.25, -0.2) is 12.8 Å². The largest absolute Gasteiger partial charge is 0.365 e. The molecule has 8 heteroatoms. The van der Waals surface area contributed by atoms with Gasteiger partial charge < -0.3 is 11.1 Å². The van der Waals surface area contributed by atoms with Gasteiger partial charge in [0.2, 0.25) is 0 Å². The molecule has 1 fully saturated rings. The zero-order valence-electron chi connectivity index (χ0n) is 15.6. The van der Waals surface area contributed by atoms with Crippen molar-refractivity contribution >= 4 is 38.0 Å². The Morgan fingerprint density at radius 1 is 1.14 bits per heavy atom. The smallest absolute Gasteiger partial charge is 0.252 e. The zero-order valence-corrected chi connectivity index (χ0v) is 16.4. The van der Waals surface area contributed by atoms with Gasteiger partial charge in [0, 0.05) is 17.3 Å². The molecule has 1 amide bonds. The van der Waals surface area contributed by atoms with Gasteiger partial charge in [0.1, 0.15) is 5.82 Å². The van der Waals surface area contributed by atoms with Crippen LogP contribution in [0.15, 0.2) is 53.6 Å². The number of amides is 1. The Bertz CT molecular complexity index is 1210. The molecule has 0 spiro atoms. The van der Waals surface area contributed by atoms with E-state index in [0.29, 0.717) is 35.1 Å². The number of sulfone groups is 1. The first kappa shape index (κ1) is 19.3. The summed E-state index contributed by atoms with van der Waals surface area (Å²) in [7, 11) is -3.49. The quantitative estimate of drug-likeness (QED) is 0.660. The lowest BCUT2D eigenvalue weighted by Crippen LogP contribution is -2.18. The van der Waals surface area contributed by atoms with E-state index in [1.807, 2.05) is 0 Å². The molecule has 1 saturated carbocycles. The highest BCUT2D eigenvalue weighted by Gasteiger charge is 2.30. The van der Waals surface area contributed by atoms with Crippen LogP contribution in [0, 0.1) is 5.82 Å². The van der Waals surface area contributed by atoms with E-state index in [9.17, 15) is 17.6 Å². The fourth-order valence-corrected chi connectivity index (χ4v) is 5.65. The molecular formula is C21H20FN3O3S. The van der Waals surface area contributed by atoms with Crippen LogP contribution in [0.25, 0.3) is 10.9 Å². The molecule has 0 radical (unpaired) electrons. The number of benzene rings is 2. The topological polar surface area (TPSA) is 102 Å². The van der Waals surface area contributed by atoms with E-state index in [0.717, 1.165) is 12.8 Å². The van der Waals surface area contributed by atoms with Gasteiger partial charge in [-0.2, -0.15) is 0 Å². The second-order valence-corrected chi connectivity index (χ2v) is 9.40. The zero-order chi connectivity index (χ0) is 20.6. The number of nitrogens with one attached hydrogen (secondary N) is 1. The SMILES string of the molecule is NC(=O)c1cnc2ccc(S(=O)(=O)C3CCCC3)cc2c1Nc1cccc(F)c1. The number of halogens is 1. The Morgan fingerprint density at radius 2 is 1.90 bits per heavy atom. The summed E-state index contributed by atoms with van der Waals surface area (Å²) in [6, 6.07) is 10.4. The van der Waals surface area contributed by atoms with Crippen LogP contribution in [0.3, 0.4) is 0 Å². The maximum Gasteiger partial charge on any atom is 0.252 e. The summed E-state index contributed by atoms with van der Waals surface area (Å²) in [5.41, 5.74) is 6.80. The van der Waals surface area contributed by atoms with E-state index in [1.165, 1.54) is 30.5 Å². The minimum Gasteiger partial charge on any atom is -0.365 e. The van der Waals surface area contributed by atoms with Crippen molar-refractivity contribution in [1.29, 1.82) is 0 Å². The molecule has 0 atom stereocenters. The molecule has 29 heavy (non-hydrogen) atoms. The van der Waals surface area contributed by atoms with Crippen molar-refractivity contribution in [2.24, 2.45) is 5.73 Å². The van der Waals surface area contributed by atoms with Crippen molar-refractivity contribution in [3.05, 3.63) is 60.0 Å². The highest BCUT2D eigenvalue weighted by atomic mass is 32.2. The second-order valence-electron chi connectivity index (χ2n) is 7.18. The monoisotopic (exact) mass is 413 g/mol. The normalized spacial score (nSPS) is 14.9. The van der Waals surface area contributed by atoms with Gasteiger partial charge in [-0.05, 0) is 49.2 Å². The number of carbonyl (C=O) groups excluding carboxylic acids is 1. The maximum atomic E-state index is 13.6. The van der Waals surface area contributed by atoms with Crippen LogP contribution >= 0.6 is 0 Å². The molecule has 1 aromatic heterocycles. The van der Waals surface area contributed by atoms with Gasteiger partial charge in [0.15, 0.2) is 9.84 Å². The van der Waals surface area contributed by atoms with Gasteiger partial charge in [-0.15, -0.1) is 0 Å². The summed E-state index contributed by atoms with van der Waals surface area (Å²) in [6.07, 6.45) is 4.43. The van der Waals surface area contributed by atoms with Crippen molar-refractivity contribution in [1.82, 2.24) is 4.98 Å². The Balaban J connectivity index is 1.89. The number of primary amides is 1. The maximum absolute atomic E-state index is 13.6. The van der Waals surface area contributed by atoms with Gasteiger partial charge in [-0.3, -0.25) is 9.78 Å². The number of hydrogen-bond donors (Lipinski definition) is 2. The van der Waals surface area contributed by atoms with E-state index in [-0.39, 0.29) is 10.5 Å². The minimum absolute atomic E-state index is 0.0946. The summed E-state index contributed by atoms with van der Waals surface area (Å²) in [5, 5.41) is 3.05. The highest BCUT2D eigenvalue weighted by Crippen LogP contribution is 2.34. The number of hydrogen-bond acceptors (Lipinski definition) is 5. The first-order chi connectivity index (χ1) is 13.9. The van der Waals surface area contributed by atoms with E-state index in [4.69, 9.17) is 5.73 Å². The number of fused-ring (bicyclic) bond motifs is 1. The number of aromatic nitrogens is 1. The number of carbonyl (C=O) groups is 1. The molecule has 1 aliphatic carbocycles. The molecule has 2 aromatic carbocycles. The van der Waals surface area contributed by atoms with Crippen molar-refractivity contribution in [3.63, 3.8) is 0 Å². The average molecular weight is 413 g/mol. The molecule has 6 nitrogen and oxygen atoms in total. The summed E-state index contributed by atoms with van der Waals surface area (Å²) in [4.78, 5) is 16.4. The fourth-order valence-electron chi connectivity index (χ4n) is 3.77. The van der Waals surface area contributed by atoms with Gasteiger partial charge in [0.25, 0.3) is 5.91 Å². The number of pyridine rings is 1. The lowest BCUT2D eigenvalue weighted by atomic mass is 10.1. The minimum atomic E-state index is -3.49. The summed E-state index contributed by atoms with van der Waals surface area (Å²) in [6.45, 7) is 0. The molecule has 3 N–H and O–H groups in total. The molecule has 3 aromatic rings. The number of anilines is 2. The summed E-state index contributed by atoms with van der Waals surface area (Å²) >= 11 is 0. The molecule has 0 bridgehead atoms. The predicted octanol–water partition coefficient (Wildman–Crippen LogP) is 3.93. The van der Waals surface area contributed by atoms with Crippen LogP contribution in [0.5, 0.6) is 0 Å². The molecule has 1 aliphatic rings. The first-order valence-corrected chi connectivity index (χ1v) is 10.9. The first-order valence-electron chi connectivity index (χ1n) is 9.35. The van der Waals surface area contributed by atoms with Crippen molar-refractivity contribution in [2.75, 3.05) is 5.32 Å². The average Bonchev–Trinajstić information content (AvgIpc) is 3.23. The predicted molar refractivity (Wildman–Crippen MR) is 109 cm³/mol. The lowest BCUT2D eigenvalue weighted by Gasteiger charge is -2.16. The molecule has 4 rings (SSSR count). The van der Waals surface area contributed by atoms with Gasteiger partial charge in [0.05, 0.1) is 26.9 Å². The third-order valence-corrected chi connectivity index (χ3v) is 7.53.